The van der Waals surface area contributed by atoms with Crippen LogP contribution in [0.3, 0.4) is 0 Å². The molecule has 0 amide bonds. The molecule has 130 valence electrons. The number of hydrogen-bond donors (Lipinski definition) is 0. The third-order valence-electron chi connectivity index (χ3n) is 3.83. The monoisotopic (exact) mass is 362 g/mol. The Hall–Kier alpha value is -2.98. The van der Waals surface area contributed by atoms with Gasteiger partial charge in [-0.2, -0.15) is 0 Å². The van der Waals surface area contributed by atoms with Gasteiger partial charge in [0, 0.05) is 0 Å². The number of allylic oxidation sites excluding steroid dienone is 1. The summed E-state index contributed by atoms with van der Waals surface area (Å²) in [5.41, 5.74) is 3.40. The van der Waals surface area contributed by atoms with E-state index in [1.54, 1.807) is 30.3 Å². The highest BCUT2D eigenvalue weighted by atomic mass is 32.1. The van der Waals surface area contributed by atoms with Gasteiger partial charge in [-0.05, 0) is 49.1 Å². The molecule has 3 rings (SSSR count). The van der Waals surface area contributed by atoms with E-state index < -0.39 is 5.97 Å². The first-order chi connectivity index (χ1) is 12.5. The summed E-state index contributed by atoms with van der Waals surface area (Å²) in [5, 5.41) is 1.81. The van der Waals surface area contributed by atoms with Gasteiger partial charge in [0.15, 0.2) is 5.78 Å². The smallest absolute Gasteiger partial charge is 0.353 e. The largest absolute Gasteiger partial charge is 0.422 e. The Bertz CT molecular complexity index is 952. The molecule has 0 atom stereocenters. The number of rotatable bonds is 5. The van der Waals surface area contributed by atoms with E-state index in [9.17, 15) is 9.59 Å². The first-order valence-corrected chi connectivity index (χ1v) is 9.06. The normalized spacial score (nSPS) is 10.8. The second kappa shape index (κ2) is 7.93. The molecule has 0 N–H and O–H groups in total. The number of ketones is 1. The quantitative estimate of drug-likeness (QED) is 0.261. The van der Waals surface area contributed by atoms with Gasteiger partial charge in [-0.15, -0.1) is 11.3 Å². The molecule has 3 nitrogen and oxygen atoms in total. The fourth-order valence-corrected chi connectivity index (χ4v) is 3.01. The lowest BCUT2D eigenvalue weighted by Gasteiger charge is -2.08. The van der Waals surface area contributed by atoms with Gasteiger partial charge in [0.2, 0.25) is 0 Å². The molecule has 26 heavy (non-hydrogen) atoms. The molecular formula is C22H18O3S. The summed E-state index contributed by atoms with van der Waals surface area (Å²) in [6, 6.07) is 16.6. The average molecular weight is 362 g/mol. The summed E-state index contributed by atoms with van der Waals surface area (Å²) in [5.74, 6) is -0.392. The van der Waals surface area contributed by atoms with Gasteiger partial charge in [-0.3, -0.25) is 4.79 Å². The standard InChI is InChI=1S/C22H18O3S/c1-15-5-8-17(9-6-15)10-11-19(23)18-14-16(2)7-12-20(18)25-22(24)21-4-3-13-26-21/h3-14H,1-2H3/b11-10+. The predicted molar refractivity (Wildman–Crippen MR) is 105 cm³/mol. The lowest BCUT2D eigenvalue weighted by atomic mass is 10.0. The maximum atomic E-state index is 12.7. The number of thiophene rings is 1. The summed E-state index contributed by atoms with van der Waals surface area (Å²) in [6.07, 6.45) is 3.26. The van der Waals surface area contributed by atoms with Gasteiger partial charge < -0.3 is 4.74 Å². The third kappa shape index (κ3) is 4.35. The summed E-state index contributed by atoms with van der Waals surface area (Å²) in [7, 11) is 0. The molecule has 1 aromatic heterocycles. The van der Waals surface area contributed by atoms with Crippen molar-refractivity contribution in [2.45, 2.75) is 13.8 Å². The van der Waals surface area contributed by atoms with Gasteiger partial charge in [-0.25, -0.2) is 4.79 Å². The molecule has 0 bridgehead atoms. The van der Waals surface area contributed by atoms with Gasteiger partial charge >= 0.3 is 5.97 Å². The molecule has 4 heteroatoms. The van der Waals surface area contributed by atoms with E-state index in [0.29, 0.717) is 10.4 Å². The molecule has 0 fully saturated rings. The fourth-order valence-electron chi connectivity index (χ4n) is 2.41. The van der Waals surface area contributed by atoms with Crippen molar-refractivity contribution in [3.05, 3.63) is 93.2 Å². The van der Waals surface area contributed by atoms with E-state index in [1.807, 2.05) is 49.6 Å². The van der Waals surface area contributed by atoms with Crippen LogP contribution < -0.4 is 4.74 Å². The highest BCUT2D eigenvalue weighted by molar-refractivity contribution is 7.12. The number of carbonyl (C=O) groups excluding carboxylic acids is 2. The highest BCUT2D eigenvalue weighted by Gasteiger charge is 2.16. The summed E-state index contributed by atoms with van der Waals surface area (Å²) >= 11 is 1.30. The van der Waals surface area contributed by atoms with Crippen molar-refractivity contribution in [3.63, 3.8) is 0 Å². The lowest BCUT2D eigenvalue weighted by molar-refractivity contribution is 0.0738. The van der Waals surface area contributed by atoms with Crippen LogP contribution in [0, 0.1) is 13.8 Å². The Kier molecular flexibility index (Phi) is 5.44. The van der Waals surface area contributed by atoms with Crippen molar-refractivity contribution >= 4 is 29.2 Å². The maximum Gasteiger partial charge on any atom is 0.353 e. The zero-order valence-corrected chi connectivity index (χ0v) is 15.4. The molecule has 1 heterocycles. The zero-order chi connectivity index (χ0) is 18.5. The molecule has 0 saturated heterocycles. The van der Waals surface area contributed by atoms with Crippen molar-refractivity contribution in [2.75, 3.05) is 0 Å². The number of hydrogen-bond acceptors (Lipinski definition) is 4. The molecule has 0 aliphatic rings. The van der Waals surface area contributed by atoms with Crippen molar-refractivity contribution in [3.8, 4) is 5.75 Å². The second-order valence-electron chi connectivity index (χ2n) is 5.97. The number of esters is 1. The molecule has 0 spiro atoms. The van der Waals surface area contributed by atoms with Crippen molar-refractivity contribution in [1.29, 1.82) is 0 Å². The molecule has 0 radical (unpaired) electrons. The fraction of sp³-hybridized carbons (Fsp3) is 0.0909. The van der Waals surface area contributed by atoms with Gasteiger partial charge in [0.05, 0.1) is 5.56 Å². The third-order valence-corrected chi connectivity index (χ3v) is 4.68. The Labute approximate surface area is 156 Å². The molecule has 0 aliphatic heterocycles. The zero-order valence-electron chi connectivity index (χ0n) is 14.6. The minimum absolute atomic E-state index is 0.205. The summed E-state index contributed by atoms with van der Waals surface area (Å²) in [4.78, 5) is 25.4. The van der Waals surface area contributed by atoms with E-state index in [0.717, 1.165) is 16.7 Å². The van der Waals surface area contributed by atoms with Crippen molar-refractivity contribution in [2.24, 2.45) is 0 Å². The van der Waals surface area contributed by atoms with Gasteiger partial charge in [0.1, 0.15) is 10.6 Å². The van der Waals surface area contributed by atoms with Crippen LogP contribution in [0.4, 0.5) is 0 Å². The average Bonchev–Trinajstić information content (AvgIpc) is 3.17. The van der Waals surface area contributed by atoms with E-state index in [1.165, 1.54) is 17.4 Å². The maximum absolute atomic E-state index is 12.7. The van der Waals surface area contributed by atoms with E-state index in [-0.39, 0.29) is 11.5 Å². The first-order valence-electron chi connectivity index (χ1n) is 8.18. The SMILES string of the molecule is Cc1ccc(/C=C/C(=O)c2cc(C)ccc2OC(=O)c2cccs2)cc1. The van der Waals surface area contributed by atoms with Gasteiger partial charge in [-0.1, -0.05) is 53.6 Å². The summed E-state index contributed by atoms with van der Waals surface area (Å²) < 4.78 is 5.45. The molecule has 0 saturated carbocycles. The van der Waals surface area contributed by atoms with Crippen LogP contribution in [0.1, 0.15) is 36.7 Å². The van der Waals surface area contributed by atoms with Gasteiger partial charge in [0.25, 0.3) is 0 Å². The molecule has 3 aromatic rings. The van der Waals surface area contributed by atoms with E-state index in [4.69, 9.17) is 4.74 Å². The first kappa shape index (κ1) is 17.8. The van der Waals surface area contributed by atoms with Crippen LogP contribution in [-0.2, 0) is 0 Å². The lowest BCUT2D eigenvalue weighted by Crippen LogP contribution is -2.10. The number of aryl methyl sites for hydroxylation is 2. The van der Waals surface area contributed by atoms with E-state index in [2.05, 4.69) is 0 Å². The van der Waals surface area contributed by atoms with Crippen LogP contribution in [0.25, 0.3) is 6.08 Å². The van der Waals surface area contributed by atoms with Crippen LogP contribution in [-0.4, -0.2) is 11.8 Å². The molecular weight excluding hydrogens is 344 g/mol. The van der Waals surface area contributed by atoms with Crippen LogP contribution >= 0.6 is 11.3 Å². The van der Waals surface area contributed by atoms with Crippen LogP contribution in [0.2, 0.25) is 0 Å². The highest BCUT2D eigenvalue weighted by Crippen LogP contribution is 2.23. The second-order valence-corrected chi connectivity index (χ2v) is 6.92. The summed E-state index contributed by atoms with van der Waals surface area (Å²) in [6.45, 7) is 3.91. The number of carbonyl (C=O) groups is 2. The Balaban J connectivity index is 1.83. The van der Waals surface area contributed by atoms with Crippen molar-refractivity contribution in [1.82, 2.24) is 0 Å². The Morgan fingerprint density at radius 2 is 1.69 bits per heavy atom. The number of benzene rings is 2. The predicted octanol–water partition coefficient (Wildman–Crippen LogP) is 5.48. The molecule has 2 aromatic carbocycles. The molecule has 0 aliphatic carbocycles. The minimum Gasteiger partial charge on any atom is -0.422 e. The Morgan fingerprint density at radius 3 is 2.38 bits per heavy atom. The Morgan fingerprint density at radius 1 is 0.962 bits per heavy atom. The minimum atomic E-state index is -0.458. The van der Waals surface area contributed by atoms with Crippen molar-refractivity contribution < 1.29 is 14.3 Å². The van der Waals surface area contributed by atoms with Crippen LogP contribution in [0.5, 0.6) is 5.75 Å². The van der Waals surface area contributed by atoms with E-state index >= 15 is 0 Å². The topological polar surface area (TPSA) is 43.4 Å². The molecule has 0 unspecified atom stereocenters. The number of ether oxygens (including phenoxy) is 1. The van der Waals surface area contributed by atoms with Crippen LogP contribution in [0.15, 0.2) is 66.1 Å².